The molecule has 1 N–H and O–H groups in total. The van der Waals surface area contributed by atoms with Gasteiger partial charge in [-0.25, -0.2) is 0 Å². The number of fused-ring (bicyclic) bond motifs is 2. The van der Waals surface area contributed by atoms with Crippen molar-refractivity contribution in [2.45, 2.75) is 13.1 Å². The monoisotopic (exact) mass is 264 g/mol. The highest BCUT2D eigenvalue weighted by Gasteiger charge is 2.26. The van der Waals surface area contributed by atoms with Gasteiger partial charge in [-0.3, -0.25) is 14.9 Å². The van der Waals surface area contributed by atoms with Crippen LogP contribution in [0.4, 0.5) is 0 Å². The number of H-pyrrole nitrogens is 1. The van der Waals surface area contributed by atoms with Crippen LogP contribution in [0.15, 0.2) is 42.9 Å². The number of hydrogen-bond acceptors (Lipinski definition) is 3. The number of hydrogen-bond donors (Lipinski definition) is 1. The summed E-state index contributed by atoms with van der Waals surface area (Å²) >= 11 is 0. The Morgan fingerprint density at radius 2 is 2.05 bits per heavy atom. The molecule has 0 atom stereocenters. The predicted molar refractivity (Wildman–Crippen MR) is 73.9 cm³/mol. The van der Waals surface area contributed by atoms with Crippen LogP contribution in [-0.2, 0) is 13.1 Å². The Labute approximate surface area is 115 Å². The van der Waals surface area contributed by atoms with Gasteiger partial charge in [0.15, 0.2) is 0 Å². The van der Waals surface area contributed by atoms with E-state index in [1.165, 1.54) is 0 Å². The summed E-state index contributed by atoms with van der Waals surface area (Å²) in [6.07, 6.45) is 5.21. The van der Waals surface area contributed by atoms with E-state index in [0.717, 1.165) is 22.0 Å². The van der Waals surface area contributed by atoms with Crippen molar-refractivity contribution in [3.05, 3.63) is 59.7 Å². The molecule has 0 unspecified atom stereocenters. The van der Waals surface area contributed by atoms with Crippen molar-refractivity contribution in [2.24, 2.45) is 0 Å². The second-order valence-electron chi connectivity index (χ2n) is 4.94. The van der Waals surface area contributed by atoms with Gasteiger partial charge in [-0.15, -0.1) is 0 Å². The van der Waals surface area contributed by atoms with Crippen LogP contribution in [0.3, 0.4) is 0 Å². The van der Waals surface area contributed by atoms with E-state index in [4.69, 9.17) is 0 Å². The number of pyridine rings is 1. The van der Waals surface area contributed by atoms with Gasteiger partial charge in [0.1, 0.15) is 0 Å². The lowest BCUT2D eigenvalue weighted by Crippen LogP contribution is -2.26. The fraction of sp³-hybridized carbons (Fsp3) is 0.133. The molecule has 0 fully saturated rings. The van der Waals surface area contributed by atoms with Crippen LogP contribution in [0.1, 0.15) is 21.6 Å². The van der Waals surface area contributed by atoms with Gasteiger partial charge in [0.05, 0.1) is 24.0 Å². The van der Waals surface area contributed by atoms with Crippen LogP contribution < -0.4 is 0 Å². The van der Waals surface area contributed by atoms with E-state index in [1.807, 2.05) is 29.2 Å². The average Bonchev–Trinajstić information content (AvgIpc) is 3.07. The van der Waals surface area contributed by atoms with Crippen LogP contribution >= 0.6 is 0 Å². The van der Waals surface area contributed by atoms with Crippen molar-refractivity contribution in [1.82, 2.24) is 20.1 Å². The molecule has 1 aliphatic rings. The van der Waals surface area contributed by atoms with E-state index in [2.05, 4.69) is 15.2 Å². The van der Waals surface area contributed by atoms with E-state index >= 15 is 0 Å². The summed E-state index contributed by atoms with van der Waals surface area (Å²) in [7, 11) is 0. The van der Waals surface area contributed by atoms with Crippen molar-refractivity contribution in [2.75, 3.05) is 0 Å². The smallest absolute Gasteiger partial charge is 0.256 e. The van der Waals surface area contributed by atoms with Crippen molar-refractivity contribution in [3.8, 4) is 0 Å². The molecule has 1 amide bonds. The van der Waals surface area contributed by atoms with E-state index < -0.39 is 0 Å². The number of aromatic nitrogens is 3. The summed E-state index contributed by atoms with van der Waals surface area (Å²) in [5.41, 5.74) is 2.76. The number of nitrogens with one attached hydrogen (secondary N) is 1. The minimum Gasteiger partial charge on any atom is -0.328 e. The molecule has 5 heteroatoms. The number of nitrogens with zero attached hydrogens (tertiary/aromatic N) is 3. The molecular formula is C15H12N4O. The molecule has 2 aromatic heterocycles. The van der Waals surface area contributed by atoms with Gasteiger partial charge < -0.3 is 4.90 Å². The first kappa shape index (κ1) is 11.2. The quantitative estimate of drug-likeness (QED) is 0.732. The Kier molecular flexibility index (Phi) is 2.32. The molecule has 0 bridgehead atoms. The molecule has 98 valence electrons. The predicted octanol–water partition coefficient (Wildman–Crippen LogP) is 2.11. The summed E-state index contributed by atoms with van der Waals surface area (Å²) in [5.74, 6) is 0.0129. The van der Waals surface area contributed by atoms with Gasteiger partial charge in [0, 0.05) is 29.9 Å². The first-order chi connectivity index (χ1) is 9.83. The fourth-order valence-electron chi connectivity index (χ4n) is 2.66. The summed E-state index contributed by atoms with van der Waals surface area (Å²) in [6.45, 7) is 1.19. The zero-order valence-electron chi connectivity index (χ0n) is 10.7. The lowest BCUT2D eigenvalue weighted by molar-refractivity contribution is 0.0751. The van der Waals surface area contributed by atoms with E-state index in [-0.39, 0.29) is 5.91 Å². The molecule has 3 heterocycles. The highest BCUT2D eigenvalue weighted by Crippen LogP contribution is 2.24. The van der Waals surface area contributed by atoms with Crippen molar-refractivity contribution in [3.63, 3.8) is 0 Å². The number of rotatable bonds is 1. The third kappa shape index (κ3) is 1.60. The zero-order valence-corrected chi connectivity index (χ0v) is 10.7. The maximum absolute atomic E-state index is 12.7. The van der Waals surface area contributed by atoms with Crippen LogP contribution in [0, 0.1) is 0 Å². The fourth-order valence-corrected chi connectivity index (χ4v) is 2.66. The second kappa shape index (κ2) is 4.16. The third-order valence-corrected chi connectivity index (χ3v) is 3.70. The van der Waals surface area contributed by atoms with Crippen molar-refractivity contribution >= 4 is 16.7 Å². The van der Waals surface area contributed by atoms with Gasteiger partial charge in [-0.05, 0) is 5.39 Å². The molecule has 0 aliphatic carbocycles. The lowest BCUT2D eigenvalue weighted by atomic mass is 10.1. The standard InChI is InChI=1S/C15H12N4O/c20-15(19-8-11-6-17-18-14(11)9-19)13-7-16-5-10-3-1-2-4-12(10)13/h1-7H,8-9H2,(H,17,18). The Hall–Kier alpha value is -2.69. The Morgan fingerprint density at radius 1 is 1.15 bits per heavy atom. The normalized spacial score (nSPS) is 13.7. The minimum absolute atomic E-state index is 0.0129. The highest BCUT2D eigenvalue weighted by atomic mass is 16.2. The van der Waals surface area contributed by atoms with Crippen LogP contribution in [0.2, 0.25) is 0 Å². The first-order valence-electron chi connectivity index (χ1n) is 6.46. The van der Waals surface area contributed by atoms with E-state index in [0.29, 0.717) is 18.7 Å². The van der Waals surface area contributed by atoms with Gasteiger partial charge >= 0.3 is 0 Å². The second-order valence-corrected chi connectivity index (χ2v) is 4.94. The molecule has 1 aromatic carbocycles. The summed E-state index contributed by atoms with van der Waals surface area (Å²) in [6, 6.07) is 7.82. The molecule has 5 nitrogen and oxygen atoms in total. The van der Waals surface area contributed by atoms with Crippen molar-refractivity contribution in [1.29, 1.82) is 0 Å². The minimum atomic E-state index is 0.0129. The lowest BCUT2D eigenvalue weighted by Gasteiger charge is -2.16. The highest BCUT2D eigenvalue weighted by molar-refractivity contribution is 6.06. The number of amides is 1. The van der Waals surface area contributed by atoms with Crippen LogP contribution in [0.5, 0.6) is 0 Å². The average molecular weight is 264 g/mol. The van der Waals surface area contributed by atoms with Gasteiger partial charge in [0.25, 0.3) is 5.91 Å². The number of benzene rings is 1. The molecule has 0 saturated heterocycles. The maximum atomic E-state index is 12.7. The van der Waals surface area contributed by atoms with Crippen molar-refractivity contribution < 1.29 is 4.79 Å². The first-order valence-corrected chi connectivity index (χ1v) is 6.46. The Morgan fingerprint density at radius 3 is 2.95 bits per heavy atom. The topological polar surface area (TPSA) is 61.9 Å². The molecule has 0 radical (unpaired) electrons. The summed E-state index contributed by atoms with van der Waals surface area (Å²) in [5, 5.41) is 8.85. The number of aromatic amines is 1. The molecule has 20 heavy (non-hydrogen) atoms. The summed E-state index contributed by atoms with van der Waals surface area (Å²) < 4.78 is 0. The molecule has 4 rings (SSSR count). The zero-order chi connectivity index (χ0) is 13.5. The molecular weight excluding hydrogens is 252 g/mol. The van der Waals surface area contributed by atoms with Crippen LogP contribution in [0.25, 0.3) is 10.8 Å². The molecule has 3 aromatic rings. The van der Waals surface area contributed by atoms with E-state index in [9.17, 15) is 4.79 Å². The molecule has 0 saturated carbocycles. The van der Waals surface area contributed by atoms with Gasteiger partial charge in [-0.1, -0.05) is 24.3 Å². The van der Waals surface area contributed by atoms with E-state index in [1.54, 1.807) is 18.6 Å². The molecule has 1 aliphatic heterocycles. The SMILES string of the molecule is O=C(c1cncc2ccccc12)N1Cc2cn[nH]c2C1. The largest absolute Gasteiger partial charge is 0.328 e. The molecule has 0 spiro atoms. The Bertz CT molecular complexity index is 782. The summed E-state index contributed by atoms with van der Waals surface area (Å²) in [4.78, 5) is 18.7. The van der Waals surface area contributed by atoms with Gasteiger partial charge in [0.2, 0.25) is 0 Å². The van der Waals surface area contributed by atoms with Crippen LogP contribution in [-0.4, -0.2) is 26.0 Å². The third-order valence-electron chi connectivity index (χ3n) is 3.70. The number of carbonyl (C=O) groups is 1. The number of carbonyl (C=O) groups excluding carboxylic acids is 1. The maximum Gasteiger partial charge on any atom is 0.256 e. The van der Waals surface area contributed by atoms with Gasteiger partial charge in [-0.2, -0.15) is 5.10 Å². The Balaban J connectivity index is 1.73.